The number of aliphatic hydroxyl groups is 1. The van der Waals surface area contributed by atoms with E-state index in [4.69, 9.17) is 4.74 Å². The van der Waals surface area contributed by atoms with Gasteiger partial charge in [-0.2, -0.15) is 0 Å². The van der Waals surface area contributed by atoms with Gasteiger partial charge in [-0.05, 0) is 111 Å². The molecule has 4 heteroatoms. The molecule has 0 amide bonds. The number of Topliss-reactive ketones (excluding diaryl/α,β-unsaturated/α-hetero) is 1. The van der Waals surface area contributed by atoms with Crippen molar-refractivity contribution >= 4 is 16.7 Å². The van der Waals surface area contributed by atoms with Crippen LogP contribution in [0.4, 0.5) is 0 Å². The van der Waals surface area contributed by atoms with E-state index in [1.165, 1.54) is 25.7 Å². The standard InChI is InChI=1S/C32H43NO3/c1-30(35)17-18-31(2)22(19-30)12-13-23-24-8-6-9-26(32(24,3)16-15-25(23)31)28(34)20-36-29-14-11-21-7-4-5-10-27(21)33-29/h4-5,7,10-11,14,22-26,35H,6,8-9,12-13,15-20H2,1-3H3/t22-,23-,24-,25-,26+,30+,31-,32-/m0/s1. The summed E-state index contributed by atoms with van der Waals surface area (Å²) >= 11 is 0. The predicted octanol–water partition coefficient (Wildman–Crippen LogP) is 6.98. The highest BCUT2D eigenvalue weighted by molar-refractivity contribution is 5.83. The summed E-state index contributed by atoms with van der Waals surface area (Å²) in [6.07, 6.45) is 11.4. The molecule has 8 atom stereocenters. The third kappa shape index (κ3) is 3.99. The van der Waals surface area contributed by atoms with Crippen molar-refractivity contribution in [2.24, 2.45) is 40.4 Å². The molecule has 1 heterocycles. The molecule has 2 aromatic rings. The van der Waals surface area contributed by atoms with Gasteiger partial charge in [-0.25, -0.2) is 4.98 Å². The van der Waals surface area contributed by atoms with E-state index in [-0.39, 0.29) is 23.7 Å². The Bertz CT molecular complexity index is 1140. The van der Waals surface area contributed by atoms with Crippen LogP contribution in [-0.2, 0) is 4.79 Å². The maximum absolute atomic E-state index is 13.6. The first kappa shape index (κ1) is 24.4. The predicted molar refractivity (Wildman–Crippen MR) is 143 cm³/mol. The fourth-order valence-electron chi connectivity index (χ4n) is 9.53. The van der Waals surface area contributed by atoms with Crippen LogP contribution in [0.15, 0.2) is 36.4 Å². The van der Waals surface area contributed by atoms with Gasteiger partial charge >= 0.3 is 0 Å². The summed E-state index contributed by atoms with van der Waals surface area (Å²) in [5.74, 6) is 3.67. The van der Waals surface area contributed by atoms with Crippen molar-refractivity contribution in [1.82, 2.24) is 4.98 Å². The Morgan fingerprint density at radius 1 is 0.944 bits per heavy atom. The van der Waals surface area contributed by atoms with Gasteiger partial charge in [-0.3, -0.25) is 4.79 Å². The number of carbonyl (C=O) groups excluding carboxylic acids is 1. The number of nitrogens with zero attached hydrogens (tertiary/aromatic N) is 1. The van der Waals surface area contributed by atoms with Gasteiger partial charge < -0.3 is 9.84 Å². The number of ether oxygens (including phenoxy) is 1. The highest BCUT2D eigenvalue weighted by atomic mass is 16.5. The van der Waals surface area contributed by atoms with Crippen LogP contribution in [0.2, 0.25) is 0 Å². The topological polar surface area (TPSA) is 59.4 Å². The lowest BCUT2D eigenvalue weighted by Gasteiger charge is -2.64. The quantitative estimate of drug-likeness (QED) is 0.503. The zero-order valence-corrected chi connectivity index (χ0v) is 22.3. The lowest BCUT2D eigenvalue weighted by molar-refractivity contribution is -0.169. The molecule has 0 saturated heterocycles. The summed E-state index contributed by atoms with van der Waals surface area (Å²) in [5, 5.41) is 11.9. The van der Waals surface area contributed by atoms with Gasteiger partial charge in [0.2, 0.25) is 5.88 Å². The minimum Gasteiger partial charge on any atom is -0.470 e. The van der Waals surface area contributed by atoms with Crippen LogP contribution in [0, 0.1) is 40.4 Å². The molecule has 1 aromatic carbocycles. The van der Waals surface area contributed by atoms with Crippen molar-refractivity contribution in [3.63, 3.8) is 0 Å². The first-order valence-corrected chi connectivity index (χ1v) is 14.4. The van der Waals surface area contributed by atoms with E-state index in [1.807, 2.05) is 43.3 Å². The van der Waals surface area contributed by atoms with Gasteiger partial charge in [0.1, 0.15) is 6.61 Å². The number of para-hydroxylation sites is 1. The molecular formula is C32H43NO3. The van der Waals surface area contributed by atoms with Crippen LogP contribution in [0.25, 0.3) is 10.9 Å². The van der Waals surface area contributed by atoms with Crippen LogP contribution < -0.4 is 4.74 Å². The van der Waals surface area contributed by atoms with Crippen LogP contribution in [0.5, 0.6) is 5.88 Å². The number of hydrogen-bond acceptors (Lipinski definition) is 4. The molecule has 0 radical (unpaired) electrons. The van der Waals surface area contributed by atoms with E-state index in [1.54, 1.807) is 0 Å². The molecule has 4 saturated carbocycles. The number of ketones is 1. The average molecular weight is 490 g/mol. The van der Waals surface area contributed by atoms with E-state index < -0.39 is 5.60 Å². The molecule has 0 spiro atoms. The van der Waals surface area contributed by atoms with Crippen molar-refractivity contribution in [2.45, 2.75) is 90.6 Å². The average Bonchev–Trinajstić information content (AvgIpc) is 2.86. The number of pyridine rings is 1. The molecule has 4 fully saturated rings. The zero-order chi connectivity index (χ0) is 25.1. The molecule has 6 rings (SSSR count). The van der Waals surface area contributed by atoms with Crippen molar-refractivity contribution in [3.8, 4) is 5.88 Å². The molecule has 194 valence electrons. The number of benzene rings is 1. The van der Waals surface area contributed by atoms with Crippen LogP contribution in [0.3, 0.4) is 0 Å². The van der Waals surface area contributed by atoms with Gasteiger partial charge in [0.15, 0.2) is 5.78 Å². The minimum atomic E-state index is -0.484. The first-order valence-electron chi connectivity index (χ1n) is 14.4. The molecule has 0 bridgehead atoms. The highest BCUT2D eigenvalue weighted by Gasteiger charge is 2.60. The smallest absolute Gasteiger partial charge is 0.214 e. The summed E-state index contributed by atoms with van der Waals surface area (Å²) in [6.45, 7) is 7.15. The second-order valence-electron chi connectivity index (χ2n) is 13.5. The molecule has 1 aromatic heterocycles. The first-order chi connectivity index (χ1) is 17.2. The Morgan fingerprint density at radius 2 is 1.75 bits per heavy atom. The molecule has 4 aliphatic rings. The molecule has 36 heavy (non-hydrogen) atoms. The number of carbonyl (C=O) groups is 1. The molecular weight excluding hydrogens is 446 g/mol. The molecule has 1 N–H and O–H groups in total. The van der Waals surface area contributed by atoms with E-state index in [0.29, 0.717) is 23.1 Å². The van der Waals surface area contributed by atoms with Gasteiger partial charge in [0.25, 0.3) is 0 Å². The Hall–Kier alpha value is -1.94. The van der Waals surface area contributed by atoms with Crippen molar-refractivity contribution in [2.75, 3.05) is 6.61 Å². The lowest BCUT2D eigenvalue weighted by atomic mass is 9.41. The second kappa shape index (κ2) is 8.82. The van der Waals surface area contributed by atoms with Crippen LogP contribution in [-0.4, -0.2) is 28.1 Å². The normalized spacial score (nSPS) is 42.2. The summed E-state index contributed by atoms with van der Waals surface area (Å²) in [6, 6.07) is 11.9. The molecule has 0 unspecified atom stereocenters. The SMILES string of the molecule is C[C@@]1(O)CC[C@@]2(C)[C@@H](CC[C@@H]3[C@@H]2CC[C@]2(C)[C@@H](C(=O)COc4ccc5ccccc5n4)CCC[C@@H]32)C1. The van der Waals surface area contributed by atoms with Gasteiger partial charge in [-0.15, -0.1) is 0 Å². The van der Waals surface area contributed by atoms with Crippen molar-refractivity contribution in [3.05, 3.63) is 36.4 Å². The van der Waals surface area contributed by atoms with Crippen LogP contribution >= 0.6 is 0 Å². The Morgan fingerprint density at radius 3 is 2.61 bits per heavy atom. The van der Waals surface area contributed by atoms with Gasteiger partial charge in [-0.1, -0.05) is 38.5 Å². The van der Waals surface area contributed by atoms with Crippen LogP contribution in [0.1, 0.15) is 85.0 Å². The summed E-state index contributed by atoms with van der Waals surface area (Å²) in [5.41, 5.74) is 0.857. The number of fused-ring (bicyclic) bond motifs is 6. The van der Waals surface area contributed by atoms with Crippen molar-refractivity contribution < 1.29 is 14.6 Å². The maximum Gasteiger partial charge on any atom is 0.214 e. The third-order valence-corrected chi connectivity index (χ3v) is 11.5. The van der Waals surface area contributed by atoms with E-state index in [9.17, 15) is 9.90 Å². The summed E-state index contributed by atoms with van der Waals surface area (Å²) in [7, 11) is 0. The largest absolute Gasteiger partial charge is 0.470 e. The van der Waals surface area contributed by atoms with Gasteiger partial charge in [0, 0.05) is 17.4 Å². The Kier molecular flexibility index (Phi) is 5.98. The summed E-state index contributed by atoms with van der Waals surface area (Å²) in [4.78, 5) is 18.2. The lowest BCUT2D eigenvalue weighted by Crippen LogP contribution is -2.58. The number of rotatable bonds is 4. The maximum atomic E-state index is 13.6. The molecule has 0 aliphatic heterocycles. The molecule has 4 aliphatic carbocycles. The third-order valence-electron chi connectivity index (χ3n) is 11.5. The van der Waals surface area contributed by atoms with Gasteiger partial charge in [0.05, 0.1) is 11.1 Å². The van der Waals surface area contributed by atoms with Crippen molar-refractivity contribution in [1.29, 1.82) is 0 Å². The zero-order valence-electron chi connectivity index (χ0n) is 22.3. The van der Waals surface area contributed by atoms with E-state index in [0.717, 1.165) is 61.3 Å². The summed E-state index contributed by atoms with van der Waals surface area (Å²) < 4.78 is 5.98. The minimum absolute atomic E-state index is 0.0834. The highest BCUT2D eigenvalue weighted by Crippen LogP contribution is 2.67. The second-order valence-corrected chi connectivity index (χ2v) is 13.5. The monoisotopic (exact) mass is 489 g/mol. The fraction of sp³-hybridized carbons (Fsp3) is 0.688. The number of hydrogen-bond donors (Lipinski definition) is 1. The van der Waals surface area contributed by atoms with E-state index >= 15 is 0 Å². The van der Waals surface area contributed by atoms with E-state index in [2.05, 4.69) is 18.8 Å². The Labute approximate surface area is 216 Å². The Balaban J connectivity index is 1.17. The fourth-order valence-corrected chi connectivity index (χ4v) is 9.53. The molecule has 4 nitrogen and oxygen atoms in total. The number of aromatic nitrogens is 1.